The molecule has 5 rings (SSSR count). The van der Waals surface area contributed by atoms with Crippen LogP contribution in [-0.2, 0) is 17.9 Å². The van der Waals surface area contributed by atoms with Gasteiger partial charge in [-0.15, -0.1) is 5.10 Å². The van der Waals surface area contributed by atoms with Crippen LogP contribution >= 0.6 is 11.8 Å². The highest BCUT2D eigenvalue weighted by molar-refractivity contribution is 7.99. The molecule has 8 nitrogen and oxygen atoms in total. The highest BCUT2D eigenvalue weighted by atomic mass is 32.2. The minimum absolute atomic E-state index is 0.124. The maximum Gasteiger partial charge on any atom is 0.233 e. The van der Waals surface area contributed by atoms with Crippen molar-refractivity contribution < 1.29 is 9.53 Å². The lowest BCUT2D eigenvalue weighted by Crippen LogP contribution is -2.48. The second-order valence-electron chi connectivity index (χ2n) is 8.55. The van der Waals surface area contributed by atoms with Crippen molar-refractivity contribution in [3.8, 4) is 5.75 Å². The number of benzene rings is 3. The monoisotopic (exact) mass is 488 g/mol. The van der Waals surface area contributed by atoms with Crippen molar-refractivity contribution in [1.82, 2.24) is 30.0 Å². The van der Waals surface area contributed by atoms with Crippen molar-refractivity contribution in [2.75, 3.05) is 39.0 Å². The molecule has 0 unspecified atom stereocenters. The Hall–Kier alpha value is -3.43. The molecule has 0 bridgehead atoms. The lowest BCUT2D eigenvalue weighted by atomic mass is 10.0. The number of ether oxygens (including phenoxy) is 1. The number of amides is 1. The van der Waals surface area contributed by atoms with E-state index < -0.39 is 0 Å². The van der Waals surface area contributed by atoms with Crippen LogP contribution in [0, 0.1) is 0 Å². The standard InChI is InChI=1S/C26H28N6O2S/c1-34-23-11-9-20(10-12-23)17-32-26(27-28-29-32)35-19-25(33)31-15-13-30(14-16-31)18-22-7-4-6-21-5-2-3-8-24(21)22/h2-12H,13-19H2,1H3. The van der Waals surface area contributed by atoms with Gasteiger partial charge in [-0.3, -0.25) is 9.69 Å². The summed E-state index contributed by atoms with van der Waals surface area (Å²) in [6, 6.07) is 22.8. The SMILES string of the molecule is COc1ccc(Cn2nnnc2SCC(=O)N2CCN(Cc3cccc4ccccc34)CC2)cc1. The summed E-state index contributed by atoms with van der Waals surface area (Å²) in [6.07, 6.45) is 0. The molecule has 35 heavy (non-hydrogen) atoms. The summed E-state index contributed by atoms with van der Waals surface area (Å²) in [7, 11) is 1.65. The number of carbonyl (C=O) groups excluding carboxylic acids is 1. The van der Waals surface area contributed by atoms with Crippen LogP contribution in [-0.4, -0.2) is 75.0 Å². The van der Waals surface area contributed by atoms with Crippen molar-refractivity contribution >= 4 is 28.4 Å². The maximum absolute atomic E-state index is 12.9. The Morgan fingerprint density at radius 1 is 0.943 bits per heavy atom. The normalized spacial score (nSPS) is 14.4. The van der Waals surface area contributed by atoms with Gasteiger partial charge < -0.3 is 9.64 Å². The second-order valence-corrected chi connectivity index (χ2v) is 9.49. The van der Waals surface area contributed by atoms with Gasteiger partial charge in [-0.05, 0) is 44.5 Å². The molecule has 9 heteroatoms. The summed E-state index contributed by atoms with van der Waals surface area (Å²) < 4.78 is 6.93. The predicted octanol–water partition coefficient (Wildman–Crippen LogP) is 3.32. The van der Waals surface area contributed by atoms with Gasteiger partial charge in [0, 0.05) is 32.7 Å². The Bertz CT molecular complexity index is 1280. The van der Waals surface area contributed by atoms with Crippen LogP contribution in [0.1, 0.15) is 11.1 Å². The Labute approximate surface area is 208 Å². The summed E-state index contributed by atoms with van der Waals surface area (Å²) >= 11 is 1.38. The number of hydrogen-bond donors (Lipinski definition) is 0. The van der Waals surface area contributed by atoms with Gasteiger partial charge in [0.25, 0.3) is 0 Å². The van der Waals surface area contributed by atoms with Crippen LogP contribution in [0.2, 0.25) is 0 Å². The maximum atomic E-state index is 12.9. The molecule has 4 aromatic rings. The number of rotatable bonds is 8. The van der Waals surface area contributed by atoms with E-state index in [1.54, 1.807) is 11.8 Å². The fraction of sp³-hybridized carbons (Fsp3) is 0.308. The molecule has 180 valence electrons. The molecule has 3 aromatic carbocycles. The summed E-state index contributed by atoms with van der Waals surface area (Å²) in [4.78, 5) is 17.2. The number of hydrogen-bond acceptors (Lipinski definition) is 7. The first-order valence-corrected chi connectivity index (χ1v) is 12.7. The van der Waals surface area contributed by atoms with Crippen LogP contribution in [0.15, 0.2) is 71.9 Å². The van der Waals surface area contributed by atoms with Gasteiger partial charge in [-0.1, -0.05) is 66.4 Å². The van der Waals surface area contributed by atoms with Crippen molar-refractivity contribution in [3.05, 3.63) is 77.9 Å². The Balaban J connectivity index is 1.12. The number of aromatic nitrogens is 4. The number of fused-ring (bicyclic) bond motifs is 1. The van der Waals surface area contributed by atoms with Crippen molar-refractivity contribution in [2.24, 2.45) is 0 Å². The summed E-state index contributed by atoms with van der Waals surface area (Å²) in [5, 5.41) is 15.2. The Morgan fingerprint density at radius 3 is 2.51 bits per heavy atom. The smallest absolute Gasteiger partial charge is 0.233 e. The molecule has 0 atom stereocenters. The zero-order valence-corrected chi connectivity index (χ0v) is 20.5. The summed E-state index contributed by atoms with van der Waals surface area (Å²) in [5.41, 5.74) is 2.40. The molecule has 1 fully saturated rings. The predicted molar refractivity (Wildman–Crippen MR) is 136 cm³/mol. The van der Waals surface area contributed by atoms with Gasteiger partial charge in [0.1, 0.15) is 5.75 Å². The third kappa shape index (κ3) is 5.63. The van der Waals surface area contributed by atoms with E-state index in [1.807, 2.05) is 29.2 Å². The molecule has 0 spiro atoms. The van der Waals surface area contributed by atoms with Gasteiger partial charge in [0.2, 0.25) is 11.1 Å². The van der Waals surface area contributed by atoms with E-state index in [0.29, 0.717) is 17.5 Å². The minimum Gasteiger partial charge on any atom is -0.497 e. The third-order valence-corrected chi connectivity index (χ3v) is 7.26. The molecule has 0 aliphatic carbocycles. The van der Waals surface area contributed by atoms with Gasteiger partial charge in [-0.2, -0.15) is 0 Å². The first-order chi connectivity index (χ1) is 17.2. The topological polar surface area (TPSA) is 76.4 Å². The largest absolute Gasteiger partial charge is 0.497 e. The quantitative estimate of drug-likeness (QED) is 0.352. The molecule has 0 saturated carbocycles. The number of nitrogens with zero attached hydrogens (tertiary/aromatic N) is 6. The average molecular weight is 489 g/mol. The average Bonchev–Trinajstić information content (AvgIpc) is 3.35. The first-order valence-electron chi connectivity index (χ1n) is 11.7. The molecule has 1 amide bonds. The highest BCUT2D eigenvalue weighted by Crippen LogP contribution is 2.21. The van der Waals surface area contributed by atoms with Crippen LogP contribution in [0.3, 0.4) is 0 Å². The van der Waals surface area contributed by atoms with E-state index in [2.05, 4.69) is 62.9 Å². The zero-order valence-electron chi connectivity index (χ0n) is 19.7. The van der Waals surface area contributed by atoms with Crippen LogP contribution in [0.25, 0.3) is 10.8 Å². The lowest BCUT2D eigenvalue weighted by molar-refractivity contribution is -0.130. The summed E-state index contributed by atoms with van der Waals surface area (Å²) in [6.45, 7) is 4.66. The van der Waals surface area contributed by atoms with E-state index in [4.69, 9.17) is 4.74 Å². The fourth-order valence-corrected chi connectivity index (χ4v) is 5.13. The number of carbonyl (C=O) groups is 1. The third-order valence-electron chi connectivity index (χ3n) is 6.31. The number of tetrazole rings is 1. The van der Waals surface area contributed by atoms with Crippen molar-refractivity contribution in [3.63, 3.8) is 0 Å². The first kappa shape index (κ1) is 23.3. The molecular weight excluding hydrogens is 460 g/mol. The molecule has 1 aliphatic heterocycles. The number of piperazine rings is 1. The molecular formula is C26H28N6O2S. The zero-order chi connectivity index (χ0) is 24.0. The van der Waals surface area contributed by atoms with Crippen molar-refractivity contribution in [1.29, 1.82) is 0 Å². The summed E-state index contributed by atoms with van der Waals surface area (Å²) in [5.74, 6) is 1.26. The van der Waals surface area contributed by atoms with Gasteiger partial charge in [0.05, 0.1) is 19.4 Å². The lowest BCUT2D eigenvalue weighted by Gasteiger charge is -2.35. The van der Waals surface area contributed by atoms with Crippen LogP contribution < -0.4 is 4.74 Å². The second kappa shape index (κ2) is 10.9. The van der Waals surface area contributed by atoms with Gasteiger partial charge >= 0.3 is 0 Å². The van der Waals surface area contributed by atoms with Crippen LogP contribution in [0.4, 0.5) is 0 Å². The van der Waals surface area contributed by atoms with E-state index in [9.17, 15) is 4.79 Å². The number of methoxy groups -OCH3 is 1. The molecule has 2 heterocycles. The van der Waals surface area contributed by atoms with E-state index in [1.165, 1.54) is 28.1 Å². The highest BCUT2D eigenvalue weighted by Gasteiger charge is 2.22. The van der Waals surface area contributed by atoms with Gasteiger partial charge in [0.15, 0.2) is 0 Å². The van der Waals surface area contributed by atoms with E-state index >= 15 is 0 Å². The molecule has 1 aliphatic rings. The number of thioether (sulfide) groups is 1. The minimum atomic E-state index is 0.124. The van der Waals surface area contributed by atoms with E-state index in [-0.39, 0.29) is 5.91 Å². The van der Waals surface area contributed by atoms with Crippen LogP contribution in [0.5, 0.6) is 5.75 Å². The molecule has 0 N–H and O–H groups in total. The molecule has 1 saturated heterocycles. The van der Waals surface area contributed by atoms with Gasteiger partial charge in [-0.25, -0.2) is 4.68 Å². The molecule has 1 aromatic heterocycles. The Kier molecular flexibility index (Phi) is 7.25. The Morgan fingerprint density at radius 2 is 1.71 bits per heavy atom. The van der Waals surface area contributed by atoms with Crippen molar-refractivity contribution in [2.45, 2.75) is 18.2 Å². The van der Waals surface area contributed by atoms with E-state index in [0.717, 1.165) is 44.0 Å². The molecule has 0 radical (unpaired) electrons. The fourth-order valence-electron chi connectivity index (χ4n) is 4.35.